The number of rotatable bonds is 3. The van der Waals surface area contributed by atoms with Gasteiger partial charge >= 0.3 is 0 Å². The maximum Gasteiger partial charge on any atom is 0.256 e. The van der Waals surface area contributed by atoms with Crippen LogP contribution in [0.25, 0.3) is 0 Å². The summed E-state index contributed by atoms with van der Waals surface area (Å²) in [7, 11) is 0. The molecule has 2 rings (SSSR count). The van der Waals surface area contributed by atoms with Crippen LogP contribution in [-0.2, 0) is 0 Å². The Bertz CT molecular complexity index is 564. The number of amides is 1. The summed E-state index contributed by atoms with van der Waals surface area (Å²) in [4.78, 5) is 13.8. The van der Waals surface area contributed by atoms with Gasteiger partial charge in [0, 0.05) is 23.8 Å². The first-order valence-corrected chi connectivity index (χ1v) is 6.87. The zero-order valence-corrected chi connectivity index (χ0v) is 11.7. The lowest BCUT2D eigenvalue weighted by molar-refractivity contribution is 0.0967. The Kier molecular flexibility index (Phi) is 3.72. The topological polar surface area (TPSA) is 56.1 Å². The molecule has 0 bridgehead atoms. The van der Waals surface area contributed by atoms with Gasteiger partial charge in [-0.25, -0.2) is 0 Å². The molecular formula is C14H15N3OS. The number of nitrogens with zero attached hydrogens (tertiary/aromatic N) is 2. The van der Waals surface area contributed by atoms with Gasteiger partial charge in [-0.1, -0.05) is 0 Å². The molecule has 0 aromatic carbocycles. The van der Waals surface area contributed by atoms with Crippen molar-refractivity contribution in [1.29, 1.82) is 5.26 Å². The summed E-state index contributed by atoms with van der Waals surface area (Å²) < 4.78 is 0. The highest BCUT2D eigenvalue weighted by molar-refractivity contribution is 7.08. The van der Waals surface area contributed by atoms with E-state index < -0.39 is 5.54 Å². The number of nitriles is 1. The molecular weight excluding hydrogens is 258 g/mol. The van der Waals surface area contributed by atoms with E-state index >= 15 is 0 Å². The molecule has 1 aromatic heterocycles. The zero-order valence-electron chi connectivity index (χ0n) is 10.9. The fraction of sp³-hybridized carbons (Fsp3) is 0.286. The largest absolute Gasteiger partial charge is 0.356 e. The van der Waals surface area contributed by atoms with Gasteiger partial charge < -0.3 is 10.2 Å². The second-order valence-corrected chi connectivity index (χ2v) is 5.54. The highest BCUT2D eigenvalue weighted by Gasteiger charge is 2.24. The van der Waals surface area contributed by atoms with Crippen LogP contribution in [0.15, 0.2) is 40.9 Å². The smallest absolute Gasteiger partial charge is 0.256 e. The van der Waals surface area contributed by atoms with Crippen LogP contribution in [0.2, 0.25) is 0 Å². The van der Waals surface area contributed by atoms with Crippen molar-refractivity contribution in [1.82, 2.24) is 10.2 Å². The number of nitrogens with one attached hydrogen (secondary N) is 1. The Morgan fingerprint density at radius 1 is 1.58 bits per heavy atom. The average Bonchev–Trinajstić information content (AvgIpc) is 2.93. The number of hydrogen-bond acceptors (Lipinski definition) is 4. The predicted molar refractivity (Wildman–Crippen MR) is 75.4 cm³/mol. The molecule has 98 valence electrons. The normalized spacial score (nSPS) is 14.8. The molecule has 0 saturated carbocycles. The number of carbonyl (C=O) groups excluding carboxylic acids is 1. The van der Waals surface area contributed by atoms with Crippen molar-refractivity contribution in [2.24, 2.45) is 0 Å². The molecule has 0 radical (unpaired) electrons. The van der Waals surface area contributed by atoms with Crippen molar-refractivity contribution in [2.75, 3.05) is 6.54 Å². The van der Waals surface area contributed by atoms with Crippen LogP contribution in [0.4, 0.5) is 0 Å². The highest BCUT2D eigenvalue weighted by atomic mass is 32.1. The van der Waals surface area contributed by atoms with E-state index in [-0.39, 0.29) is 5.91 Å². The predicted octanol–water partition coefficient (Wildman–Crippen LogP) is 2.49. The minimum atomic E-state index is -0.546. The molecule has 5 heteroatoms. The standard InChI is InChI=1S/C14H15N3OS/c1-14(2,10-15)17-6-3-12(4-7-17)16-13(18)11-5-8-19-9-11/h3-6,8-9H,7H2,1-2H3,(H,16,18). The van der Waals surface area contributed by atoms with Crippen LogP contribution < -0.4 is 5.32 Å². The highest BCUT2D eigenvalue weighted by Crippen LogP contribution is 2.17. The molecule has 19 heavy (non-hydrogen) atoms. The van der Waals surface area contributed by atoms with E-state index in [9.17, 15) is 4.79 Å². The molecule has 0 fully saturated rings. The summed E-state index contributed by atoms with van der Waals surface area (Å²) in [5.41, 5.74) is 0.885. The van der Waals surface area contributed by atoms with E-state index in [0.29, 0.717) is 12.1 Å². The van der Waals surface area contributed by atoms with Gasteiger partial charge in [-0.05, 0) is 37.4 Å². The van der Waals surface area contributed by atoms with Gasteiger partial charge in [-0.3, -0.25) is 4.79 Å². The van der Waals surface area contributed by atoms with Gasteiger partial charge in [0.2, 0.25) is 0 Å². The lowest BCUT2D eigenvalue weighted by Gasteiger charge is -2.33. The molecule has 4 nitrogen and oxygen atoms in total. The van der Waals surface area contributed by atoms with E-state index in [4.69, 9.17) is 5.26 Å². The van der Waals surface area contributed by atoms with Crippen LogP contribution in [-0.4, -0.2) is 22.9 Å². The number of thiophene rings is 1. The maximum absolute atomic E-state index is 11.9. The first-order chi connectivity index (χ1) is 9.03. The molecule has 1 N–H and O–H groups in total. The molecule has 2 heterocycles. The fourth-order valence-corrected chi connectivity index (χ4v) is 2.30. The number of allylic oxidation sites excluding steroid dienone is 1. The van der Waals surface area contributed by atoms with Crippen molar-refractivity contribution in [3.05, 3.63) is 46.4 Å². The summed E-state index contributed by atoms with van der Waals surface area (Å²) >= 11 is 1.49. The minimum absolute atomic E-state index is 0.106. The van der Waals surface area contributed by atoms with Crippen molar-refractivity contribution < 1.29 is 4.79 Å². The van der Waals surface area contributed by atoms with Crippen molar-refractivity contribution >= 4 is 17.2 Å². The molecule has 0 saturated heterocycles. The second-order valence-electron chi connectivity index (χ2n) is 4.76. The van der Waals surface area contributed by atoms with Gasteiger partial charge in [-0.15, -0.1) is 0 Å². The van der Waals surface area contributed by atoms with E-state index in [1.807, 2.05) is 47.9 Å². The average molecular weight is 273 g/mol. The summed E-state index contributed by atoms with van der Waals surface area (Å²) in [5.74, 6) is -0.106. The number of hydrogen-bond donors (Lipinski definition) is 1. The summed E-state index contributed by atoms with van der Waals surface area (Å²) in [6.45, 7) is 4.33. The van der Waals surface area contributed by atoms with E-state index in [0.717, 1.165) is 5.70 Å². The van der Waals surface area contributed by atoms with Crippen molar-refractivity contribution in [3.8, 4) is 6.07 Å². The lowest BCUT2D eigenvalue weighted by Crippen LogP contribution is -2.40. The Balaban J connectivity index is 1.98. The quantitative estimate of drug-likeness (QED) is 0.920. The van der Waals surface area contributed by atoms with Crippen LogP contribution in [0.3, 0.4) is 0 Å². The van der Waals surface area contributed by atoms with Crippen LogP contribution >= 0.6 is 11.3 Å². The van der Waals surface area contributed by atoms with Crippen LogP contribution in [0, 0.1) is 11.3 Å². The first-order valence-electron chi connectivity index (χ1n) is 5.93. The Morgan fingerprint density at radius 2 is 2.37 bits per heavy atom. The third kappa shape index (κ3) is 3.04. The Hall–Kier alpha value is -2.06. The van der Waals surface area contributed by atoms with E-state index in [1.54, 1.807) is 6.07 Å². The van der Waals surface area contributed by atoms with E-state index in [2.05, 4.69) is 11.4 Å². The molecule has 0 spiro atoms. The first kappa shape index (κ1) is 13.4. The minimum Gasteiger partial charge on any atom is -0.356 e. The number of carbonyl (C=O) groups is 1. The summed E-state index contributed by atoms with van der Waals surface area (Å²) in [5, 5.41) is 15.6. The lowest BCUT2D eigenvalue weighted by atomic mass is 10.0. The molecule has 1 amide bonds. The second kappa shape index (κ2) is 5.29. The van der Waals surface area contributed by atoms with Crippen LogP contribution in [0.1, 0.15) is 24.2 Å². The van der Waals surface area contributed by atoms with Gasteiger partial charge in [0.15, 0.2) is 0 Å². The molecule has 0 aliphatic carbocycles. The molecule has 1 aliphatic heterocycles. The van der Waals surface area contributed by atoms with Crippen LogP contribution in [0.5, 0.6) is 0 Å². The molecule has 0 unspecified atom stereocenters. The van der Waals surface area contributed by atoms with Crippen molar-refractivity contribution in [3.63, 3.8) is 0 Å². The molecule has 0 atom stereocenters. The van der Waals surface area contributed by atoms with Gasteiger partial charge in [-0.2, -0.15) is 16.6 Å². The third-order valence-electron chi connectivity index (χ3n) is 2.97. The third-order valence-corrected chi connectivity index (χ3v) is 3.66. The monoisotopic (exact) mass is 273 g/mol. The summed E-state index contributed by atoms with van der Waals surface area (Å²) in [6, 6.07) is 4.04. The molecule has 1 aromatic rings. The molecule has 1 aliphatic rings. The van der Waals surface area contributed by atoms with Crippen molar-refractivity contribution in [2.45, 2.75) is 19.4 Å². The van der Waals surface area contributed by atoms with Gasteiger partial charge in [0.1, 0.15) is 5.54 Å². The Morgan fingerprint density at radius 3 is 2.89 bits per heavy atom. The van der Waals surface area contributed by atoms with Gasteiger partial charge in [0.05, 0.1) is 11.6 Å². The Labute approximate surface area is 116 Å². The van der Waals surface area contributed by atoms with Gasteiger partial charge in [0.25, 0.3) is 5.91 Å². The fourth-order valence-electron chi connectivity index (χ4n) is 1.66. The van der Waals surface area contributed by atoms with E-state index in [1.165, 1.54) is 11.3 Å². The summed E-state index contributed by atoms with van der Waals surface area (Å²) in [6.07, 6.45) is 5.56. The maximum atomic E-state index is 11.9. The zero-order chi connectivity index (χ0) is 13.9. The SMILES string of the molecule is CC(C)(C#N)N1C=CC(NC(=O)c2ccsc2)=CC1.